The van der Waals surface area contributed by atoms with Crippen LogP contribution in [0.1, 0.15) is 31.9 Å². The van der Waals surface area contributed by atoms with Crippen molar-refractivity contribution in [2.24, 2.45) is 5.92 Å². The molecule has 2 aromatic rings. The predicted molar refractivity (Wildman–Crippen MR) is 123 cm³/mol. The zero-order valence-electron chi connectivity index (χ0n) is 19.2. The topological polar surface area (TPSA) is 120 Å². The third-order valence-corrected chi connectivity index (χ3v) is 6.08. The Morgan fingerprint density at radius 3 is 2.30 bits per heavy atom. The summed E-state index contributed by atoms with van der Waals surface area (Å²) in [4.78, 5) is 29.4. The van der Waals surface area contributed by atoms with Gasteiger partial charge in [-0.05, 0) is 36.1 Å². The summed E-state index contributed by atoms with van der Waals surface area (Å²) in [7, 11) is -2.12. The number of hydroxylamine groups is 1. The molecular weight excluding hydrogens is 448 g/mol. The number of amides is 1. The molecule has 0 aromatic heterocycles. The maximum Gasteiger partial charge on any atom is 0.350 e. The molecular formula is C23H30N2O7S. The molecule has 0 radical (unpaired) electrons. The average molecular weight is 479 g/mol. The largest absolute Gasteiger partial charge is 0.493 e. The molecule has 0 aliphatic heterocycles. The van der Waals surface area contributed by atoms with Crippen molar-refractivity contribution < 1.29 is 32.3 Å². The number of hydrogen-bond acceptors (Lipinski definition) is 7. The minimum absolute atomic E-state index is 0.0877. The Labute approximate surface area is 194 Å². The van der Waals surface area contributed by atoms with Crippen LogP contribution in [0, 0.1) is 5.92 Å². The standard InChI is InChI=1S/C23H30N2O7S/c1-5-33(28,29)25-22(16(2)3)23(27)32-24-21(26)14-18-11-12-19(20(13-18)30-4)31-15-17-9-7-6-8-10-17/h6-13,16,22,25H,5,14-15H2,1-4H3,(H,24,26). The Hall–Kier alpha value is -3.11. The van der Waals surface area contributed by atoms with E-state index in [1.165, 1.54) is 14.0 Å². The highest BCUT2D eigenvalue weighted by atomic mass is 32.2. The molecule has 180 valence electrons. The van der Waals surface area contributed by atoms with Crippen LogP contribution < -0.4 is 19.7 Å². The molecule has 2 aromatic carbocycles. The molecule has 10 heteroatoms. The highest BCUT2D eigenvalue weighted by Gasteiger charge is 2.28. The van der Waals surface area contributed by atoms with E-state index in [2.05, 4.69) is 10.2 Å². The summed E-state index contributed by atoms with van der Waals surface area (Å²) in [6.45, 7) is 5.16. The third kappa shape index (κ3) is 8.39. The number of benzene rings is 2. The van der Waals surface area contributed by atoms with Gasteiger partial charge in [0, 0.05) is 0 Å². The van der Waals surface area contributed by atoms with E-state index in [4.69, 9.17) is 14.3 Å². The van der Waals surface area contributed by atoms with E-state index in [9.17, 15) is 18.0 Å². The first-order valence-corrected chi connectivity index (χ1v) is 12.1. The van der Waals surface area contributed by atoms with Gasteiger partial charge in [0.2, 0.25) is 10.0 Å². The second-order valence-electron chi connectivity index (χ2n) is 7.63. The van der Waals surface area contributed by atoms with Crippen LogP contribution >= 0.6 is 0 Å². The van der Waals surface area contributed by atoms with Gasteiger partial charge in [-0.1, -0.05) is 50.2 Å². The first-order valence-electron chi connectivity index (χ1n) is 10.5. The van der Waals surface area contributed by atoms with Crippen LogP contribution in [0.15, 0.2) is 48.5 Å². The van der Waals surface area contributed by atoms with Gasteiger partial charge in [0.15, 0.2) is 11.5 Å². The fraction of sp³-hybridized carbons (Fsp3) is 0.391. The van der Waals surface area contributed by atoms with Gasteiger partial charge in [-0.25, -0.2) is 17.9 Å². The maximum absolute atomic E-state index is 12.3. The third-order valence-electron chi connectivity index (χ3n) is 4.70. The molecule has 0 heterocycles. The number of nitrogens with one attached hydrogen (secondary N) is 2. The van der Waals surface area contributed by atoms with E-state index < -0.39 is 27.9 Å². The van der Waals surface area contributed by atoms with Gasteiger partial charge in [-0.3, -0.25) is 4.79 Å². The fourth-order valence-corrected chi connectivity index (χ4v) is 3.72. The fourth-order valence-electron chi connectivity index (χ4n) is 2.80. The molecule has 0 saturated carbocycles. The van der Waals surface area contributed by atoms with Crippen molar-refractivity contribution in [3.05, 3.63) is 59.7 Å². The number of sulfonamides is 1. The lowest BCUT2D eigenvalue weighted by molar-refractivity contribution is -0.160. The normalized spacial score (nSPS) is 12.2. The summed E-state index contributed by atoms with van der Waals surface area (Å²) in [5.41, 5.74) is 3.69. The number of methoxy groups -OCH3 is 1. The maximum atomic E-state index is 12.3. The van der Waals surface area contributed by atoms with Crippen molar-refractivity contribution in [1.29, 1.82) is 0 Å². The summed E-state index contributed by atoms with van der Waals surface area (Å²) < 4.78 is 37.0. The van der Waals surface area contributed by atoms with Gasteiger partial charge in [0.25, 0.3) is 5.91 Å². The zero-order valence-corrected chi connectivity index (χ0v) is 20.0. The van der Waals surface area contributed by atoms with E-state index in [0.29, 0.717) is 23.7 Å². The van der Waals surface area contributed by atoms with Gasteiger partial charge in [0.05, 0.1) is 19.3 Å². The van der Waals surface area contributed by atoms with Crippen LogP contribution in [0.5, 0.6) is 11.5 Å². The lowest BCUT2D eigenvalue weighted by Gasteiger charge is -2.20. The number of rotatable bonds is 11. The van der Waals surface area contributed by atoms with Crippen LogP contribution in [0.25, 0.3) is 0 Å². The molecule has 2 N–H and O–H groups in total. The van der Waals surface area contributed by atoms with Crippen molar-refractivity contribution in [3.8, 4) is 11.5 Å². The van der Waals surface area contributed by atoms with Crippen molar-refractivity contribution >= 4 is 21.9 Å². The van der Waals surface area contributed by atoms with Crippen LogP contribution in [-0.4, -0.2) is 39.2 Å². The quantitative estimate of drug-likeness (QED) is 0.476. The second-order valence-corrected chi connectivity index (χ2v) is 9.67. The predicted octanol–water partition coefficient (Wildman–Crippen LogP) is 2.36. The van der Waals surface area contributed by atoms with Gasteiger partial charge >= 0.3 is 5.97 Å². The van der Waals surface area contributed by atoms with E-state index >= 15 is 0 Å². The van der Waals surface area contributed by atoms with Crippen molar-refractivity contribution in [2.75, 3.05) is 12.9 Å². The minimum Gasteiger partial charge on any atom is -0.493 e. The average Bonchev–Trinajstić information content (AvgIpc) is 2.80. The first-order chi connectivity index (χ1) is 15.6. The van der Waals surface area contributed by atoms with Gasteiger partial charge < -0.3 is 14.3 Å². The molecule has 1 amide bonds. The lowest BCUT2D eigenvalue weighted by atomic mass is 10.1. The Balaban J connectivity index is 1.94. The van der Waals surface area contributed by atoms with E-state index in [0.717, 1.165) is 5.56 Å². The summed E-state index contributed by atoms with van der Waals surface area (Å²) >= 11 is 0. The number of ether oxygens (including phenoxy) is 2. The number of carbonyl (C=O) groups excluding carboxylic acids is 2. The SMILES string of the molecule is CCS(=O)(=O)NC(C(=O)ONC(=O)Cc1ccc(OCc2ccccc2)c(OC)c1)C(C)C. The summed E-state index contributed by atoms with van der Waals surface area (Å²) in [5.74, 6) is -1.03. The Morgan fingerprint density at radius 2 is 1.70 bits per heavy atom. The number of hydrogen-bond donors (Lipinski definition) is 2. The van der Waals surface area contributed by atoms with Crippen molar-refractivity contribution in [3.63, 3.8) is 0 Å². The smallest absolute Gasteiger partial charge is 0.350 e. The van der Waals surface area contributed by atoms with E-state index in [-0.39, 0.29) is 18.1 Å². The molecule has 33 heavy (non-hydrogen) atoms. The molecule has 0 spiro atoms. The van der Waals surface area contributed by atoms with Crippen molar-refractivity contribution in [2.45, 2.75) is 39.8 Å². The molecule has 0 aliphatic carbocycles. The second kappa shape index (κ2) is 12.2. The van der Waals surface area contributed by atoms with Crippen LogP contribution in [0.3, 0.4) is 0 Å². The monoisotopic (exact) mass is 478 g/mol. The molecule has 0 saturated heterocycles. The molecule has 0 fully saturated rings. The Morgan fingerprint density at radius 1 is 1.00 bits per heavy atom. The van der Waals surface area contributed by atoms with Gasteiger partial charge in [-0.15, -0.1) is 0 Å². The Bertz CT molecular complexity index is 1040. The van der Waals surface area contributed by atoms with E-state index in [1.54, 1.807) is 32.0 Å². The summed E-state index contributed by atoms with van der Waals surface area (Å²) in [5, 5.41) is 0. The minimum atomic E-state index is -3.62. The zero-order chi connectivity index (χ0) is 24.4. The van der Waals surface area contributed by atoms with Crippen LogP contribution in [0.4, 0.5) is 0 Å². The lowest BCUT2D eigenvalue weighted by Crippen LogP contribution is -2.47. The molecule has 0 aliphatic rings. The first kappa shape index (κ1) is 26.1. The van der Waals surface area contributed by atoms with Gasteiger partial charge in [-0.2, -0.15) is 5.48 Å². The number of carbonyl (C=O) groups is 2. The molecule has 1 unspecified atom stereocenters. The molecule has 0 bridgehead atoms. The van der Waals surface area contributed by atoms with Gasteiger partial charge in [0.1, 0.15) is 12.6 Å². The summed E-state index contributed by atoms with van der Waals surface area (Å²) in [6.07, 6.45) is -0.0877. The highest BCUT2D eigenvalue weighted by molar-refractivity contribution is 7.89. The highest BCUT2D eigenvalue weighted by Crippen LogP contribution is 2.29. The molecule has 2 rings (SSSR count). The van der Waals surface area contributed by atoms with E-state index in [1.807, 2.05) is 30.3 Å². The van der Waals surface area contributed by atoms with Crippen LogP contribution in [-0.2, 0) is 37.5 Å². The molecule has 9 nitrogen and oxygen atoms in total. The van der Waals surface area contributed by atoms with Crippen LogP contribution in [0.2, 0.25) is 0 Å². The van der Waals surface area contributed by atoms with Crippen molar-refractivity contribution in [1.82, 2.24) is 10.2 Å². The summed E-state index contributed by atoms with van der Waals surface area (Å²) in [6, 6.07) is 13.6. The Kier molecular flexibility index (Phi) is 9.68. The molecule has 1 atom stereocenters.